The van der Waals surface area contributed by atoms with Gasteiger partial charge in [0.1, 0.15) is 23.7 Å². The molecule has 2 rings (SSSR count). The molecule has 1 aromatic heterocycles. The molecular weight excluding hydrogens is 301 g/mol. The number of nitrogens with zero attached hydrogens (tertiary/aromatic N) is 3. The van der Waals surface area contributed by atoms with Crippen molar-refractivity contribution in [3.63, 3.8) is 0 Å². The van der Waals surface area contributed by atoms with Crippen molar-refractivity contribution in [1.29, 1.82) is 0 Å². The Morgan fingerprint density at radius 3 is 2.62 bits per heavy atom. The van der Waals surface area contributed by atoms with Crippen molar-refractivity contribution in [1.82, 2.24) is 14.8 Å². The van der Waals surface area contributed by atoms with E-state index in [0.717, 1.165) is 12.1 Å². The van der Waals surface area contributed by atoms with Crippen LogP contribution in [0.5, 0.6) is 0 Å². The van der Waals surface area contributed by atoms with Gasteiger partial charge in [0.15, 0.2) is 9.84 Å². The summed E-state index contributed by atoms with van der Waals surface area (Å²) in [6.45, 7) is 1.31. The second-order valence-electron chi connectivity index (χ2n) is 4.47. The number of hydrogen-bond donors (Lipinski definition) is 1. The molecule has 2 aromatic rings. The maximum absolute atomic E-state index is 13.7. The molecule has 0 atom stereocenters. The number of aromatic nitrogens is 3. The van der Waals surface area contributed by atoms with Crippen molar-refractivity contribution < 1.29 is 22.7 Å². The quantitative estimate of drug-likeness (QED) is 0.843. The first-order valence-electron chi connectivity index (χ1n) is 5.81. The molecule has 112 valence electrons. The third-order valence-corrected chi connectivity index (χ3v) is 4.53. The van der Waals surface area contributed by atoms with Crippen LogP contribution in [0.1, 0.15) is 21.7 Å². The van der Waals surface area contributed by atoms with Crippen LogP contribution in [0.15, 0.2) is 23.4 Å². The molecule has 1 aromatic carbocycles. The second-order valence-corrected chi connectivity index (χ2v) is 6.46. The van der Waals surface area contributed by atoms with E-state index in [-0.39, 0.29) is 16.3 Å². The fourth-order valence-corrected chi connectivity index (χ4v) is 3.20. The second kappa shape index (κ2) is 5.24. The molecule has 21 heavy (non-hydrogen) atoms. The van der Waals surface area contributed by atoms with Gasteiger partial charge >= 0.3 is 5.97 Å². The standard InChI is InChI=1S/C12H12FN3O4S/c1-7-3-8(4-9(11(7)13)12(17)18)21(19,20)5-10-14-6-15-16(10)2/h3-4,6H,5H2,1-2H3,(H,17,18). The van der Waals surface area contributed by atoms with E-state index in [1.807, 2.05) is 0 Å². The van der Waals surface area contributed by atoms with Crippen molar-refractivity contribution >= 4 is 15.8 Å². The molecule has 0 bridgehead atoms. The van der Waals surface area contributed by atoms with Crippen LogP contribution in [0.2, 0.25) is 0 Å². The Balaban J connectivity index is 2.50. The molecule has 0 aliphatic heterocycles. The number of aromatic carboxylic acids is 1. The zero-order valence-electron chi connectivity index (χ0n) is 11.2. The minimum atomic E-state index is -3.85. The molecule has 7 nitrogen and oxygen atoms in total. The lowest BCUT2D eigenvalue weighted by molar-refractivity contribution is 0.0691. The summed E-state index contributed by atoms with van der Waals surface area (Å²) in [7, 11) is -2.32. The Morgan fingerprint density at radius 1 is 1.43 bits per heavy atom. The summed E-state index contributed by atoms with van der Waals surface area (Å²) in [5.41, 5.74) is -0.724. The topological polar surface area (TPSA) is 102 Å². The highest BCUT2D eigenvalue weighted by Crippen LogP contribution is 2.22. The predicted octanol–water partition coefficient (Wildman–Crippen LogP) is 0.935. The van der Waals surface area contributed by atoms with Gasteiger partial charge in [-0.1, -0.05) is 0 Å². The van der Waals surface area contributed by atoms with Crippen molar-refractivity contribution in [3.05, 3.63) is 41.2 Å². The largest absolute Gasteiger partial charge is 0.478 e. The van der Waals surface area contributed by atoms with E-state index in [2.05, 4.69) is 10.1 Å². The van der Waals surface area contributed by atoms with Gasteiger partial charge in [0.05, 0.1) is 10.5 Å². The molecule has 0 aliphatic rings. The van der Waals surface area contributed by atoms with Gasteiger partial charge in [0.2, 0.25) is 0 Å². The maximum Gasteiger partial charge on any atom is 0.338 e. The monoisotopic (exact) mass is 313 g/mol. The average molecular weight is 313 g/mol. The van der Waals surface area contributed by atoms with Gasteiger partial charge in [-0.3, -0.25) is 4.68 Å². The number of benzene rings is 1. The first kappa shape index (κ1) is 15.1. The Morgan fingerprint density at radius 2 is 2.10 bits per heavy atom. The number of halogens is 1. The summed E-state index contributed by atoms with van der Waals surface area (Å²) >= 11 is 0. The normalized spacial score (nSPS) is 11.6. The molecule has 0 fully saturated rings. The van der Waals surface area contributed by atoms with E-state index >= 15 is 0 Å². The number of carboxylic acid groups (broad SMARTS) is 1. The van der Waals surface area contributed by atoms with E-state index in [9.17, 15) is 17.6 Å². The molecular formula is C12H12FN3O4S. The van der Waals surface area contributed by atoms with E-state index in [0.29, 0.717) is 0 Å². The number of hydrogen-bond acceptors (Lipinski definition) is 5. The first-order chi connectivity index (χ1) is 9.72. The van der Waals surface area contributed by atoms with Gasteiger partial charge < -0.3 is 5.11 Å². The summed E-state index contributed by atoms with van der Waals surface area (Å²) in [6.07, 6.45) is 1.21. The summed E-state index contributed by atoms with van der Waals surface area (Å²) in [5, 5.41) is 12.7. The van der Waals surface area contributed by atoms with Gasteiger partial charge in [-0.2, -0.15) is 5.10 Å². The van der Waals surface area contributed by atoms with E-state index < -0.39 is 32.9 Å². The summed E-state index contributed by atoms with van der Waals surface area (Å²) in [5.74, 6) is -2.71. The number of aryl methyl sites for hydroxylation is 2. The highest BCUT2D eigenvalue weighted by Gasteiger charge is 2.23. The minimum absolute atomic E-state index is 0.0496. The van der Waals surface area contributed by atoms with E-state index in [1.165, 1.54) is 25.0 Å². The zero-order chi connectivity index (χ0) is 15.8. The number of sulfone groups is 1. The van der Waals surface area contributed by atoms with Crippen molar-refractivity contribution in [2.75, 3.05) is 0 Å². The molecule has 0 unspecified atom stereocenters. The lowest BCUT2D eigenvalue weighted by atomic mass is 10.1. The molecule has 0 radical (unpaired) electrons. The molecule has 1 N–H and O–H groups in total. The maximum atomic E-state index is 13.7. The Bertz CT molecular complexity index is 814. The smallest absolute Gasteiger partial charge is 0.338 e. The Hall–Kier alpha value is -2.29. The molecule has 0 saturated carbocycles. The highest BCUT2D eigenvalue weighted by atomic mass is 32.2. The van der Waals surface area contributed by atoms with Crippen LogP contribution < -0.4 is 0 Å². The highest BCUT2D eigenvalue weighted by molar-refractivity contribution is 7.90. The van der Waals surface area contributed by atoms with Gasteiger partial charge in [-0.25, -0.2) is 22.6 Å². The van der Waals surface area contributed by atoms with E-state index in [4.69, 9.17) is 5.11 Å². The van der Waals surface area contributed by atoms with Crippen molar-refractivity contribution in [2.24, 2.45) is 7.05 Å². The van der Waals surface area contributed by atoms with E-state index in [1.54, 1.807) is 0 Å². The Kier molecular flexibility index (Phi) is 3.77. The zero-order valence-corrected chi connectivity index (χ0v) is 12.1. The van der Waals surface area contributed by atoms with Gasteiger partial charge in [-0.05, 0) is 24.6 Å². The van der Waals surface area contributed by atoms with Crippen LogP contribution in [0.25, 0.3) is 0 Å². The van der Waals surface area contributed by atoms with Gasteiger partial charge in [0.25, 0.3) is 0 Å². The van der Waals surface area contributed by atoms with Crippen LogP contribution in [-0.4, -0.2) is 34.3 Å². The van der Waals surface area contributed by atoms with Crippen LogP contribution in [0.3, 0.4) is 0 Å². The van der Waals surface area contributed by atoms with Crippen LogP contribution >= 0.6 is 0 Å². The molecule has 0 saturated heterocycles. The summed E-state index contributed by atoms with van der Waals surface area (Å²) < 4.78 is 39.5. The van der Waals surface area contributed by atoms with Gasteiger partial charge in [0, 0.05) is 7.05 Å². The third kappa shape index (κ3) is 2.92. The van der Waals surface area contributed by atoms with Gasteiger partial charge in [-0.15, -0.1) is 0 Å². The number of rotatable bonds is 4. The van der Waals surface area contributed by atoms with Crippen molar-refractivity contribution in [2.45, 2.75) is 17.6 Å². The SMILES string of the molecule is Cc1cc(S(=O)(=O)Cc2ncnn2C)cc(C(=O)O)c1F. The lowest BCUT2D eigenvalue weighted by Crippen LogP contribution is -2.12. The lowest BCUT2D eigenvalue weighted by Gasteiger charge is -2.08. The minimum Gasteiger partial charge on any atom is -0.478 e. The fraction of sp³-hybridized carbons (Fsp3) is 0.250. The third-order valence-electron chi connectivity index (χ3n) is 2.94. The molecule has 1 heterocycles. The first-order valence-corrected chi connectivity index (χ1v) is 7.46. The van der Waals surface area contributed by atoms with Crippen LogP contribution in [0, 0.1) is 12.7 Å². The summed E-state index contributed by atoms with van der Waals surface area (Å²) in [4.78, 5) is 14.5. The molecule has 9 heteroatoms. The predicted molar refractivity (Wildman–Crippen MR) is 70.0 cm³/mol. The molecule has 0 spiro atoms. The summed E-state index contributed by atoms with van der Waals surface area (Å²) in [6, 6.07) is 1.92. The van der Waals surface area contributed by atoms with Crippen LogP contribution in [-0.2, 0) is 22.6 Å². The van der Waals surface area contributed by atoms with Crippen molar-refractivity contribution in [3.8, 4) is 0 Å². The Labute approximate surface area is 120 Å². The number of carboxylic acids is 1. The fourth-order valence-electron chi connectivity index (χ4n) is 1.78. The molecule has 0 aliphatic carbocycles. The molecule has 0 amide bonds. The average Bonchev–Trinajstić information content (AvgIpc) is 2.77. The van der Waals surface area contributed by atoms with Crippen LogP contribution in [0.4, 0.5) is 4.39 Å². The number of carbonyl (C=O) groups is 1.